The molecule has 1 aliphatic carbocycles. The zero-order chi connectivity index (χ0) is 10.1. The maximum Gasteiger partial charge on any atom is 0.143 e. The van der Waals surface area contributed by atoms with E-state index in [-0.39, 0.29) is 0 Å². The minimum absolute atomic E-state index is 0.626. The molecule has 2 heterocycles. The molecule has 2 aliphatic rings. The summed E-state index contributed by atoms with van der Waals surface area (Å²) in [5, 5.41) is 7.63. The normalized spacial score (nSPS) is 22.7. The molecule has 0 spiro atoms. The van der Waals surface area contributed by atoms with Gasteiger partial charge in [-0.05, 0) is 51.6 Å². The van der Waals surface area contributed by atoms with Crippen LogP contribution in [0.25, 0.3) is 0 Å². The van der Waals surface area contributed by atoms with Gasteiger partial charge in [-0.15, -0.1) is 0 Å². The van der Waals surface area contributed by atoms with E-state index < -0.39 is 0 Å². The van der Waals surface area contributed by atoms with Crippen molar-refractivity contribution >= 4 is 0 Å². The van der Waals surface area contributed by atoms with Crippen molar-refractivity contribution in [2.75, 3.05) is 13.1 Å². The second-order valence-corrected chi connectivity index (χ2v) is 4.70. The van der Waals surface area contributed by atoms with Gasteiger partial charge in [-0.2, -0.15) is 0 Å². The van der Waals surface area contributed by atoms with Crippen LogP contribution in [-0.4, -0.2) is 18.2 Å². The lowest BCUT2D eigenvalue weighted by Crippen LogP contribution is -2.27. The molecule has 1 saturated heterocycles. The summed E-state index contributed by atoms with van der Waals surface area (Å²) in [5.74, 6) is 1.84. The highest BCUT2D eigenvalue weighted by Gasteiger charge is 2.26. The van der Waals surface area contributed by atoms with Gasteiger partial charge in [0.2, 0.25) is 0 Å². The Morgan fingerprint density at radius 2 is 1.93 bits per heavy atom. The average Bonchev–Trinajstić information content (AvgIpc) is 2.74. The van der Waals surface area contributed by atoms with Crippen LogP contribution < -0.4 is 5.32 Å². The molecule has 0 atom stereocenters. The lowest BCUT2D eigenvalue weighted by molar-refractivity contribution is 0.324. The van der Waals surface area contributed by atoms with Crippen LogP contribution in [0.3, 0.4) is 0 Å². The molecule has 0 radical (unpaired) electrons. The Morgan fingerprint density at radius 3 is 2.80 bits per heavy atom. The van der Waals surface area contributed by atoms with Crippen molar-refractivity contribution in [3.8, 4) is 0 Å². The molecule has 82 valence electrons. The molecule has 0 aromatic carbocycles. The maximum atomic E-state index is 5.58. The SMILES string of the molecule is C1CCc2c(noc2C2CCNCC2)C1. The quantitative estimate of drug-likeness (QED) is 0.764. The summed E-state index contributed by atoms with van der Waals surface area (Å²) < 4.78 is 5.58. The Morgan fingerprint density at radius 1 is 1.13 bits per heavy atom. The van der Waals surface area contributed by atoms with Gasteiger partial charge in [0.1, 0.15) is 5.76 Å². The molecule has 3 nitrogen and oxygen atoms in total. The van der Waals surface area contributed by atoms with Gasteiger partial charge < -0.3 is 9.84 Å². The summed E-state index contributed by atoms with van der Waals surface area (Å²) in [6, 6.07) is 0. The third-order valence-electron chi connectivity index (χ3n) is 3.70. The van der Waals surface area contributed by atoms with E-state index >= 15 is 0 Å². The van der Waals surface area contributed by atoms with Gasteiger partial charge in [-0.25, -0.2) is 0 Å². The van der Waals surface area contributed by atoms with Crippen molar-refractivity contribution in [1.82, 2.24) is 10.5 Å². The molecule has 0 amide bonds. The molecular weight excluding hydrogens is 188 g/mol. The van der Waals surface area contributed by atoms with Gasteiger partial charge in [0.25, 0.3) is 0 Å². The number of piperidine rings is 1. The molecule has 1 N–H and O–H groups in total. The number of hydrogen-bond acceptors (Lipinski definition) is 3. The van der Waals surface area contributed by atoms with Crippen molar-refractivity contribution in [3.63, 3.8) is 0 Å². The fraction of sp³-hybridized carbons (Fsp3) is 0.750. The Hall–Kier alpha value is -0.830. The summed E-state index contributed by atoms with van der Waals surface area (Å²) in [6.07, 6.45) is 7.34. The van der Waals surface area contributed by atoms with Crippen LogP contribution in [0.2, 0.25) is 0 Å². The summed E-state index contributed by atoms with van der Waals surface area (Å²) in [5.41, 5.74) is 2.70. The Labute approximate surface area is 90.2 Å². The van der Waals surface area contributed by atoms with Crippen molar-refractivity contribution in [1.29, 1.82) is 0 Å². The first kappa shape index (κ1) is 9.40. The third kappa shape index (κ3) is 1.69. The van der Waals surface area contributed by atoms with Crippen LogP contribution in [0.4, 0.5) is 0 Å². The zero-order valence-electron chi connectivity index (χ0n) is 9.09. The van der Waals surface area contributed by atoms with E-state index in [2.05, 4.69) is 10.5 Å². The fourth-order valence-electron chi connectivity index (χ4n) is 2.82. The highest BCUT2D eigenvalue weighted by Crippen LogP contribution is 2.33. The standard InChI is InChI=1S/C12H18N2O/c1-2-4-11-10(3-1)12(15-14-11)9-5-7-13-8-6-9/h9,13H,1-8H2. The first-order valence-corrected chi connectivity index (χ1v) is 6.13. The molecule has 15 heavy (non-hydrogen) atoms. The minimum Gasteiger partial charge on any atom is -0.361 e. The molecule has 1 aliphatic heterocycles. The van der Waals surface area contributed by atoms with Gasteiger partial charge in [-0.1, -0.05) is 5.16 Å². The van der Waals surface area contributed by atoms with Crippen molar-refractivity contribution < 1.29 is 4.52 Å². The fourth-order valence-corrected chi connectivity index (χ4v) is 2.82. The number of aromatic nitrogens is 1. The highest BCUT2D eigenvalue weighted by molar-refractivity contribution is 5.28. The number of fused-ring (bicyclic) bond motifs is 1. The first-order chi connectivity index (χ1) is 7.45. The lowest BCUT2D eigenvalue weighted by Gasteiger charge is -2.21. The van der Waals surface area contributed by atoms with E-state index in [1.165, 1.54) is 49.1 Å². The molecule has 1 aromatic rings. The summed E-state index contributed by atoms with van der Waals surface area (Å²) in [4.78, 5) is 0. The van der Waals surface area contributed by atoms with Crippen LogP contribution in [0.5, 0.6) is 0 Å². The molecule has 3 heteroatoms. The largest absolute Gasteiger partial charge is 0.361 e. The Bertz CT molecular complexity index is 339. The van der Waals surface area contributed by atoms with Crippen LogP contribution in [-0.2, 0) is 12.8 Å². The number of aryl methyl sites for hydroxylation is 1. The Kier molecular flexibility index (Phi) is 2.49. The van der Waals surface area contributed by atoms with Crippen molar-refractivity contribution in [2.24, 2.45) is 0 Å². The molecular formula is C12H18N2O. The van der Waals surface area contributed by atoms with E-state index in [0.717, 1.165) is 19.5 Å². The molecule has 1 fully saturated rings. The highest BCUT2D eigenvalue weighted by atomic mass is 16.5. The van der Waals surface area contributed by atoms with E-state index in [1.807, 2.05) is 0 Å². The number of rotatable bonds is 1. The topological polar surface area (TPSA) is 38.1 Å². The predicted octanol–water partition coefficient (Wildman–Crippen LogP) is 2.02. The van der Waals surface area contributed by atoms with Gasteiger partial charge >= 0.3 is 0 Å². The molecule has 0 saturated carbocycles. The summed E-state index contributed by atoms with van der Waals surface area (Å²) >= 11 is 0. The predicted molar refractivity (Wildman–Crippen MR) is 58.0 cm³/mol. The molecule has 1 aromatic heterocycles. The maximum absolute atomic E-state index is 5.58. The van der Waals surface area contributed by atoms with E-state index in [0.29, 0.717) is 5.92 Å². The Balaban J connectivity index is 1.87. The van der Waals surface area contributed by atoms with Crippen LogP contribution in [0, 0.1) is 0 Å². The van der Waals surface area contributed by atoms with E-state index in [1.54, 1.807) is 0 Å². The van der Waals surface area contributed by atoms with Crippen LogP contribution in [0.1, 0.15) is 48.6 Å². The second kappa shape index (κ2) is 3.97. The van der Waals surface area contributed by atoms with Crippen LogP contribution >= 0.6 is 0 Å². The van der Waals surface area contributed by atoms with Gasteiger partial charge in [0, 0.05) is 11.5 Å². The van der Waals surface area contributed by atoms with Crippen LogP contribution in [0.15, 0.2) is 4.52 Å². The molecule has 0 bridgehead atoms. The second-order valence-electron chi connectivity index (χ2n) is 4.70. The van der Waals surface area contributed by atoms with Gasteiger partial charge in [-0.3, -0.25) is 0 Å². The number of nitrogens with one attached hydrogen (secondary N) is 1. The smallest absolute Gasteiger partial charge is 0.143 e. The van der Waals surface area contributed by atoms with E-state index in [9.17, 15) is 0 Å². The number of hydrogen-bond donors (Lipinski definition) is 1. The summed E-state index contributed by atoms with van der Waals surface area (Å²) in [6.45, 7) is 2.25. The monoisotopic (exact) mass is 206 g/mol. The van der Waals surface area contributed by atoms with Gasteiger partial charge in [0.05, 0.1) is 5.69 Å². The molecule has 3 rings (SSSR count). The van der Waals surface area contributed by atoms with E-state index in [4.69, 9.17) is 4.52 Å². The number of nitrogens with zero attached hydrogens (tertiary/aromatic N) is 1. The minimum atomic E-state index is 0.626. The average molecular weight is 206 g/mol. The van der Waals surface area contributed by atoms with Crippen molar-refractivity contribution in [2.45, 2.75) is 44.4 Å². The van der Waals surface area contributed by atoms with Crippen molar-refractivity contribution in [3.05, 3.63) is 17.0 Å². The zero-order valence-corrected chi connectivity index (χ0v) is 9.09. The lowest BCUT2D eigenvalue weighted by atomic mass is 9.88. The van der Waals surface area contributed by atoms with Gasteiger partial charge in [0.15, 0.2) is 0 Å². The first-order valence-electron chi connectivity index (χ1n) is 6.13. The molecule has 0 unspecified atom stereocenters. The third-order valence-corrected chi connectivity index (χ3v) is 3.70. The summed E-state index contributed by atoms with van der Waals surface area (Å²) in [7, 11) is 0.